The predicted molar refractivity (Wildman–Crippen MR) is 109 cm³/mol. The van der Waals surface area contributed by atoms with Crippen LogP contribution in [-0.4, -0.2) is 43.3 Å². The van der Waals surface area contributed by atoms with Crippen LogP contribution in [0.25, 0.3) is 0 Å². The number of amides is 2. The molecule has 0 spiro atoms. The molecule has 1 heterocycles. The summed E-state index contributed by atoms with van der Waals surface area (Å²) >= 11 is 6.29. The average molecular weight is 412 g/mol. The minimum atomic E-state index is -0.178. The van der Waals surface area contributed by atoms with E-state index in [1.54, 1.807) is 23.1 Å². The number of hydrogen-bond acceptors (Lipinski definition) is 4. The zero-order chi connectivity index (χ0) is 18.4. The highest BCUT2D eigenvalue weighted by molar-refractivity contribution is 6.32. The molecule has 1 fully saturated rings. The van der Waals surface area contributed by atoms with E-state index < -0.39 is 0 Å². The van der Waals surface area contributed by atoms with E-state index >= 15 is 0 Å². The van der Waals surface area contributed by atoms with Crippen LogP contribution in [0.1, 0.15) is 6.42 Å². The summed E-state index contributed by atoms with van der Waals surface area (Å²) in [4.78, 5) is 14.2. The molecule has 8 heteroatoms. The Hall–Kier alpha value is -1.99. The van der Waals surface area contributed by atoms with Crippen molar-refractivity contribution in [2.24, 2.45) is 5.73 Å². The molecular weight excluding hydrogens is 389 g/mol. The Labute approximate surface area is 170 Å². The first kappa shape index (κ1) is 21.3. The summed E-state index contributed by atoms with van der Waals surface area (Å²) in [5.41, 5.74) is 6.18. The van der Waals surface area contributed by atoms with Crippen molar-refractivity contribution in [3.8, 4) is 11.5 Å². The summed E-state index contributed by atoms with van der Waals surface area (Å²) in [6.45, 7) is 2.14. The Morgan fingerprint density at radius 2 is 2.07 bits per heavy atom. The number of carbonyl (C=O) groups is 1. The number of rotatable bonds is 5. The van der Waals surface area contributed by atoms with Gasteiger partial charge in [-0.2, -0.15) is 0 Å². The van der Waals surface area contributed by atoms with Gasteiger partial charge in [-0.15, -0.1) is 12.4 Å². The summed E-state index contributed by atoms with van der Waals surface area (Å²) in [7, 11) is 0. The second-order valence-corrected chi connectivity index (χ2v) is 6.41. The van der Waals surface area contributed by atoms with Gasteiger partial charge < -0.3 is 25.4 Å². The molecule has 27 heavy (non-hydrogen) atoms. The van der Waals surface area contributed by atoms with Crippen molar-refractivity contribution in [2.45, 2.75) is 12.5 Å². The number of halogens is 2. The zero-order valence-electron chi connectivity index (χ0n) is 14.8. The number of para-hydroxylation sites is 1. The minimum Gasteiger partial charge on any atom is -0.456 e. The number of benzene rings is 2. The number of morpholine rings is 1. The lowest BCUT2D eigenvalue weighted by Crippen LogP contribution is -2.47. The highest BCUT2D eigenvalue weighted by atomic mass is 35.5. The third-order valence-corrected chi connectivity index (χ3v) is 4.36. The van der Waals surface area contributed by atoms with Crippen LogP contribution in [-0.2, 0) is 4.74 Å². The SMILES string of the molecule is Cl.NCCC1CN(C(=O)Nc2ccc(Oc3ccccc3)c(Cl)c2)CCO1. The topological polar surface area (TPSA) is 76.8 Å². The van der Waals surface area contributed by atoms with Crippen molar-refractivity contribution >= 4 is 35.7 Å². The van der Waals surface area contributed by atoms with Gasteiger partial charge in [0.25, 0.3) is 0 Å². The molecular formula is C19H23Cl2N3O3. The van der Waals surface area contributed by atoms with Gasteiger partial charge in [-0.05, 0) is 43.3 Å². The van der Waals surface area contributed by atoms with Crippen LogP contribution in [0.5, 0.6) is 11.5 Å². The van der Waals surface area contributed by atoms with Crippen LogP contribution in [0, 0.1) is 0 Å². The molecule has 0 radical (unpaired) electrons. The van der Waals surface area contributed by atoms with Crippen LogP contribution in [0.4, 0.5) is 10.5 Å². The van der Waals surface area contributed by atoms with Crippen molar-refractivity contribution in [1.29, 1.82) is 0 Å². The highest BCUT2D eigenvalue weighted by Crippen LogP contribution is 2.31. The quantitative estimate of drug-likeness (QED) is 0.774. The first-order valence-corrected chi connectivity index (χ1v) is 8.93. The monoisotopic (exact) mass is 411 g/mol. The maximum absolute atomic E-state index is 12.5. The highest BCUT2D eigenvalue weighted by Gasteiger charge is 2.23. The van der Waals surface area contributed by atoms with Gasteiger partial charge in [-0.25, -0.2) is 4.79 Å². The third kappa shape index (κ3) is 6.01. The Balaban J connectivity index is 0.00000261. The molecule has 2 amide bonds. The van der Waals surface area contributed by atoms with E-state index in [1.807, 2.05) is 30.3 Å². The number of nitrogens with one attached hydrogen (secondary N) is 1. The average Bonchev–Trinajstić information content (AvgIpc) is 2.65. The molecule has 1 aliphatic rings. The van der Waals surface area contributed by atoms with E-state index in [9.17, 15) is 4.79 Å². The number of anilines is 1. The smallest absolute Gasteiger partial charge is 0.322 e. The zero-order valence-corrected chi connectivity index (χ0v) is 16.3. The van der Waals surface area contributed by atoms with E-state index in [-0.39, 0.29) is 24.5 Å². The largest absolute Gasteiger partial charge is 0.456 e. The van der Waals surface area contributed by atoms with E-state index in [1.165, 1.54) is 0 Å². The molecule has 6 nitrogen and oxygen atoms in total. The third-order valence-electron chi connectivity index (χ3n) is 4.07. The molecule has 0 saturated carbocycles. The molecule has 0 aliphatic carbocycles. The Bertz CT molecular complexity index is 744. The summed E-state index contributed by atoms with van der Waals surface area (Å²) < 4.78 is 11.3. The van der Waals surface area contributed by atoms with Crippen LogP contribution < -0.4 is 15.8 Å². The standard InChI is InChI=1S/C19H22ClN3O3.ClH/c20-17-12-14(6-7-18(17)26-15-4-2-1-3-5-15)22-19(24)23-10-11-25-16(13-23)8-9-21;/h1-7,12,16H,8-11,13,21H2,(H,22,24);1H. The normalized spacial score (nSPS) is 16.4. The van der Waals surface area contributed by atoms with Crippen molar-refractivity contribution in [2.75, 3.05) is 31.6 Å². The fraction of sp³-hybridized carbons (Fsp3) is 0.316. The van der Waals surface area contributed by atoms with Gasteiger partial charge in [0.2, 0.25) is 0 Å². The molecule has 2 aromatic carbocycles. The lowest BCUT2D eigenvalue weighted by atomic mass is 10.2. The molecule has 1 atom stereocenters. The number of carbonyl (C=O) groups excluding carboxylic acids is 1. The number of hydrogen-bond donors (Lipinski definition) is 2. The van der Waals surface area contributed by atoms with Crippen molar-refractivity contribution in [1.82, 2.24) is 4.90 Å². The molecule has 1 unspecified atom stereocenters. The lowest BCUT2D eigenvalue weighted by molar-refractivity contribution is -0.0146. The number of nitrogens with zero attached hydrogens (tertiary/aromatic N) is 1. The van der Waals surface area contributed by atoms with Crippen LogP contribution in [0.15, 0.2) is 48.5 Å². The molecule has 0 bridgehead atoms. The van der Waals surface area contributed by atoms with Crippen LogP contribution in [0.3, 0.4) is 0 Å². The van der Waals surface area contributed by atoms with Gasteiger partial charge in [0.05, 0.1) is 17.7 Å². The van der Waals surface area contributed by atoms with E-state index in [0.717, 1.165) is 6.42 Å². The fourth-order valence-corrected chi connectivity index (χ4v) is 2.96. The minimum absolute atomic E-state index is 0. The Kier molecular flexibility index (Phi) is 8.19. The summed E-state index contributed by atoms with van der Waals surface area (Å²) in [5, 5.41) is 3.29. The van der Waals surface area contributed by atoms with Crippen LogP contribution in [0.2, 0.25) is 5.02 Å². The first-order valence-electron chi connectivity index (χ1n) is 8.56. The second kappa shape index (κ2) is 10.4. The Morgan fingerprint density at radius 1 is 1.30 bits per heavy atom. The second-order valence-electron chi connectivity index (χ2n) is 6.01. The van der Waals surface area contributed by atoms with Crippen LogP contribution >= 0.6 is 24.0 Å². The van der Waals surface area contributed by atoms with Gasteiger partial charge in [-0.1, -0.05) is 29.8 Å². The number of urea groups is 1. The molecule has 1 saturated heterocycles. The van der Waals surface area contributed by atoms with E-state index in [0.29, 0.717) is 48.5 Å². The van der Waals surface area contributed by atoms with Crippen molar-refractivity contribution in [3.63, 3.8) is 0 Å². The van der Waals surface area contributed by atoms with Gasteiger partial charge >= 0.3 is 6.03 Å². The summed E-state index contributed by atoms with van der Waals surface area (Å²) in [6.07, 6.45) is 0.728. The molecule has 0 aromatic heterocycles. The number of ether oxygens (including phenoxy) is 2. The number of nitrogens with two attached hydrogens (primary N) is 1. The van der Waals surface area contributed by atoms with Gasteiger partial charge in [-0.3, -0.25) is 0 Å². The molecule has 3 rings (SSSR count). The van der Waals surface area contributed by atoms with Gasteiger partial charge in [0, 0.05) is 18.8 Å². The molecule has 2 aromatic rings. The molecule has 146 valence electrons. The first-order chi connectivity index (χ1) is 12.7. The van der Waals surface area contributed by atoms with Crippen molar-refractivity contribution in [3.05, 3.63) is 53.6 Å². The van der Waals surface area contributed by atoms with Gasteiger partial charge in [0.1, 0.15) is 11.5 Å². The molecule has 3 N–H and O–H groups in total. The lowest BCUT2D eigenvalue weighted by Gasteiger charge is -2.32. The fourth-order valence-electron chi connectivity index (χ4n) is 2.74. The molecule has 1 aliphatic heterocycles. The predicted octanol–water partition coefficient (Wildman–Crippen LogP) is 4.14. The maximum atomic E-state index is 12.5. The van der Waals surface area contributed by atoms with E-state index in [4.69, 9.17) is 26.8 Å². The van der Waals surface area contributed by atoms with E-state index in [2.05, 4.69) is 5.32 Å². The van der Waals surface area contributed by atoms with Crippen molar-refractivity contribution < 1.29 is 14.3 Å². The Morgan fingerprint density at radius 3 is 2.78 bits per heavy atom. The van der Waals surface area contributed by atoms with Gasteiger partial charge in [0.15, 0.2) is 0 Å². The summed E-state index contributed by atoms with van der Waals surface area (Å²) in [5.74, 6) is 1.23. The summed E-state index contributed by atoms with van der Waals surface area (Å²) in [6, 6.07) is 14.4. The maximum Gasteiger partial charge on any atom is 0.322 e.